The van der Waals surface area contributed by atoms with Crippen molar-refractivity contribution in [2.24, 2.45) is 5.41 Å². The molecule has 0 aliphatic carbocycles. The Morgan fingerprint density at radius 1 is 1.19 bits per heavy atom. The summed E-state index contributed by atoms with van der Waals surface area (Å²) in [6.45, 7) is 4.66. The molecule has 1 aromatic rings. The van der Waals surface area contributed by atoms with Gasteiger partial charge in [-0.3, -0.25) is 0 Å². The Kier molecular flexibility index (Phi) is 5.93. The third kappa shape index (κ3) is 4.58. The lowest BCUT2D eigenvalue weighted by Crippen LogP contribution is -2.21. The highest BCUT2D eigenvalue weighted by atomic mass is 32.2. The fourth-order valence-corrected chi connectivity index (χ4v) is 3.00. The molecule has 0 saturated heterocycles. The first-order valence-corrected chi connectivity index (χ1v) is 6.97. The zero-order valence-corrected chi connectivity index (χ0v) is 11.1. The van der Waals surface area contributed by atoms with Crippen molar-refractivity contribution in [1.82, 2.24) is 0 Å². The van der Waals surface area contributed by atoms with Gasteiger partial charge in [0.2, 0.25) is 0 Å². The molecule has 0 saturated carbocycles. The van der Waals surface area contributed by atoms with Gasteiger partial charge in [0.15, 0.2) is 0 Å². The molecule has 1 N–H and O–H groups in total. The molecule has 1 rings (SSSR count). The topological polar surface area (TPSA) is 20.2 Å². The SMILES string of the molecule is CCCC(C)(CO)CCSc1ccccc1. The van der Waals surface area contributed by atoms with Gasteiger partial charge in [-0.05, 0) is 36.1 Å². The fourth-order valence-electron chi connectivity index (χ4n) is 1.82. The monoisotopic (exact) mass is 238 g/mol. The van der Waals surface area contributed by atoms with Gasteiger partial charge < -0.3 is 5.11 Å². The van der Waals surface area contributed by atoms with E-state index in [1.165, 1.54) is 4.90 Å². The molecule has 0 aliphatic rings. The average Bonchev–Trinajstić information content (AvgIpc) is 2.31. The van der Waals surface area contributed by atoms with E-state index in [0.29, 0.717) is 6.61 Å². The highest BCUT2D eigenvalue weighted by Crippen LogP contribution is 2.30. The molecule has 0 amide bonds. The molecule has 16 heavy (non-hydrogen) atoms. The predicted molar refractivity (Wildman–Crippen MR) is 71.9 cm³/mol. The summed E-state index contributed by atoms with van der Waals surface area (Å²) < 4.78 is 0. The first kappa shape index (κ1) is 13.6. The normalized spacial score (nSPS) is 14.7. The molecule has 0 fully saturated rings. The van der Waals surface area contributed by atoms with Crippen LogP contribution in [0.25, 0.3) is 0 Å². The Morgan fingerprint density at radius 2 is 1.88 bits per heavy atom. The van der Waals surface area contributed by atoms with Crippen LogP contribution in [0, 0.1) is 5.41 Å². The van der Waals surface area contributed by atoms with E-state index in [1.54, 1.807) is 0 Å². The molecular formula is C14H22OS. The van der Waals surface area contributed by atoms with E-state index in [9.17, 15) is 5.11 Å². The largest absolute Gasteiger partial charge is 0.396 e. The average molecular weight is 238 g/mol. The van der Waals surface area contributed by atoms with Gasteiger partial charge in [0, 0.05) is 11.5 Å². The van der Waals surface area contributed by atoms with Gasteiger partial charge in [-0.2, -0.15) is 0 Å². The van der Waals surface area contributed by atoms with Crippen LogP contribution in [-0.2, 0) is 0 Å². The summed E-state index contributed by atoms with van der Waals surface area (Å²) in [4.78, 5) is 1.32. The summed E-state index contributed by atoms with van der Waals surface area (Å²) in [6, 6.07) is 10.5. The van der Waals surface area contributed by atoms with Crippen LogP contribution >= 0.6 is 11.8 Å². The summed E-state index contributed by atoms with van der Waals surface area (Å²) in [6.07, 6.45) is 3.34. The molecule has 2 heteroatoms. The van der Waals surface area contributed by atoms with Crippen LogP contribution < -0.4 is 0 Å². The zero-order valence-electron chi connectivity index (χ0n) is 10.3. The Hall–Kier alpha value is -0.470. The number of aliphatic hydroxyl groups excluding tert-OH is 1. The van der Waals surface area contributed by atoms with E-state index in [2.05, 4.69) is 38.1 Å². The first-order chi connectivity index (χ1) is 7.70. The molecule has 0 aliphatic heterocycles. The minimum absolute atomic E-state index is 0.108. The Bertz CT molecular complexity index is 286. The van der Waals surface area contributed by atoms with E-state index in [4.69, 9.17) is 0 Å². The molecular weight excluding hydrogens is 216 g/mol. The molecule has 1 nitrogen and oxygen atoms in total. The van der Waals surface area contributed by atoms with Gasteiger partial charge in [-0.25, -0.2) is 0 Å². The highest BCUT2D eigenvalue weighted by Gasteiger charge is 2.21. The Morgan fingerprint density at radius 3 is 2.44 bits per heavy atom. The molecule has 90 valence electrons. The maximum atomic E-state index is 9.40. The second-order valence-corrected chi connectivity index (χ2v) is 5.80. The summed E-state index contributed by atoms with van der Waals surface area (Å²) in [7, 11) is 0. The van der Waals surface area contributed by atoms with Crippen LogP contribution in [-0.4, -0.2) is 17.5 Å². The van der Waals surface area contributed by atoms with Crippen LogP contribution in [0.15, 0.2) is 35.2 Å². The molecule has 1 aromatic carbocycles. The third-order valence-electron chi connectivity index (χ3n) is 2.95. The summed E-state index contributed by atoms with van der Waals surface area (Å²) in [5, 5.41) is 9.40. The standard InChI is InChI=1S/C14H22OS/c1-3-9-14(2,12-15)10-11-16-13-7-5-4-6-8-13/h4-8,15H,3,9-12H2,1-2H3. The number of aliphatic hydroxyl groups is 1. The van der Waals surface area contributed by atoms with Gasteiger partial charge in [-0.15, -0.1) is 11.8 Å². The highest BCUT2D eigenvalue weighted by molar-refractivity contribution is 7.99. The molecule has 1 unspecified atom stereocenters. The molecule has 0 aromatic heterocycles. The van der Waals surface area contributed by atoms with Crippen LogP contribution in [0.3, 0.4) is 0 Å². The smallest absolute Gasteiger partial charge is 0.0485 e. The lowest BCUT2D eigenvalue weighted by atomic mass is 9.84. The van der Waals surface area contributed by atoms with Crippen molar-refractivity contribution in [2.75, 3.05) is 12.4 Å². The van der Waals surface area contributed by atoms with Crippen molar-refractivity contribution in [3.63, 3.8) is 0 Å². The minimum Gasteiger partial charge on any atom is -0.396 e. The second-order valence-electron chi connectivity index (χ2n) is 4.63. The quantitative estimate of drug-likeness (QED) is 0.725. The van der Waals surface area contributed by atoms with E-state index >= 15 is 0 Å². The number of hydrogen-bond donors (Lipinski definition) is 1. The molecule has 0 heterocycles. The number of hydrogen-bond acceptors (Lipinski definition) is 2. The third-order valence-corrected chi connectivity index (χ3v) is 3.97. The zero-order chi connectivity index (χ0) is 11.9. The lowest BCUT2D eigenvalue weighted by molar-refractivity contribution is 0.128. The summed E-state index contributed by atoms with van der Waals surface area (Å²) in [5.41, 5.74) is 0.108. The molecule has 0 bridgehead atoms. The maximum Gasteiger partial charge on any atom is 0.0485 e. The maximum absolute atomic E-state index is 9.40. The summed E-state index contributed by atoms with van der Waals surface area (Å²) in [5.74, 6) is 1.08. The van der Waals surface area contributed by atoms with Crippen molar-refractivity contribution < 1.29 is 5.11 Å². The molecule has 0 radical (unpaired) electrons. The summed E-state index contributed by atoms with van der Waals surface area (Å²) >= 11 is 1.88. The first-order valence-electron chi connectivity index (χ1n) is 5.99. The van der Waals surface area contributed by atoms with E-state index in [-0.39, 0.29) is 5.41 Å². The lowest BCUT2D eigenvalue weighted by Gasteiger charge is -2.26. The van der Waals surface area contributed by atoms with Crippen molar-refractivity contribution >= 4 is 11.8 Å². The number of thioether (sulfide) groups is 1. The molecule has 0 spiro atoms. The van der Waals surface area contributed by atoms with Crippen LogP contribution in [0.2, 0.25) is 0 Å². The van der Waals surface area contributed by atoms with Crippen molar-refractivity contribution in [2.45, 2.75) is 38.0 Å². The number of benzene rings is 1. The van der Waals surface area contributed by atoms with Crippen molar-refractivity contribution in [1.29, 1.82) is 0 Å². The Balaban J connectivity index is 2.34. The Labute approximate surface area is 103 Å². The van der Waals surface area contributed by atoms with E-state index in [1.807, 2.05) is 17.8 Å². The van der Waals surface area contributed by atoms with Crippen molar-refractivity contribution in [3.8, 4) is 0 Å². The van der Waals surface area contributed by atoms with Crippen LogP contribution in [0.4, 0.5) is 0 Å². The van der Waals surface area contributed by atoms with Crippen LogP contribution in [0.1, 0.15) is 33.1 Å². The van der Waals surface area contributed by atoms with Gasteiger partial charge in [0.1, 0.15) is 0 Å². The molecule has 1 atom stereocenters. The van der Waals surface area contributed by atoms with Crippen molar-refractivity contribution in [3.05, 3.63) is 30.3 Å². The van der Waals surface area contributed by atoms with Gasteiger partial charge >= 0.3 is 0 Å². The number of rotatable bonds is 7. The van der Waals surface area contributed by atoms with E-state index in [0.717, 1.165) is 25.0 Å². The fraction of sp³-hybridized carbons (Fsp3) is 0.571. The van der Waals surface area contributed by atoms with Gasteiger partial charge in [0.05, 0.1) is 0 Å². The minimum atomic E-state index is 0.108. The van der Waals surface area contributed by atoms with Gasteiger partial charge in [-0.1, -0.05) is 38.5 Å². The predicted octanol–water partition coefficient (Wildman–Crippen LogP) is 3.97. The second kappa shape index (κ2) is 6.97. The van der Waals surface area contributed by atoms with Gasteiger partial charge in [0.25, 0.3) is 0 Å². The van der Waals surface area contributed by atoms with E-state index < -0.39 is 0 Å². The van der Waals surface area contributed by atoms with Crippen LogP contribution in [0.5, 0.6) is 0 Å².